The van der Waals surface area contributed by atoms with Crippen LogP contribution in [0.1, 0.15) is 36.2 Å². The molecule has 1 aliphatic rings. The Morgan fingerprint density at radius 3 is 2.79 bits per heavy atom. The topological polar surface area (TPSA) is 72.4 Å². The van der Waals surface area contributed by atoms with Crippen molar-refractivity contribution in [3.8, 4) is 0 Å². The molecule has 7 nitrogen and oxygen atoms in total. The zero-order valence-electron chi connectivity index (χ0n) is 19.3. The summed E-state index contributed by atoms with van der Waals surface area (Å²) >= 11 is 0. The van der Waals surface area contributed by atoms with E-state index >= 15 is 0 Å². The fourth-order valence-corrected chi connectivity index (χ4v) is 4.17. The number of hydrogen-bond acceptors (Lipinski definition) is 7. The highest BCUT2D eigenvalue weighted by atomic mass is 19.3. The van der Waals surface area contributed by atoms with E-state index in [1.165, 1.54) is 19.2 Å². The molecule has 4 rings (SSSR count). The average molecular weight is 458 g/mol. The second-order valence-electron chi connectivity index (χ2n) is 8.45. The fourth-order valence-electron chi connectivity index (χ4n) is 4.17. The number of fused-ring (bicyclic) bond motifs is 1. The van der Waals surface area contributed by atoms with E-state index in [9.17, 15) is 8.78 Å². The van der Waals surface area contributed by atoms with Crippen LogP contribution in [0.25, 0.3) is 10.9 Å². The van der Waals surface area contributed by atoms with Crippen LogP contribution < -0.4 is 10.2 Å². The van der Waals surface area contributed by atoms with Crippen molar-refractivity contribution in [1.29, 1.82) is 0 Å². The van der Waals surface area contributed by atoms with E-state index in [1.54, 1.807) is 13.2 Å². The molecule has 0 spiro atoms. The Bertz CT molecular complexity index is 1130. The molecule has 2 aromatic heterocycles. The summed E-state index contributed by atoms with van der Waals surface area (Å²) in [4.78, 5) is 6.89. The molecule has 1 fully saturated rings. The molecule has 2 atom stereocenters. The number of nitrogens with one attached hydrogen (secondary N) is 1. The minimum atomic E-state index is -3.06. The number of halogens is 2. The normalized spacial score (nSPS) is 17.5. The van der Waals surface area contributed by atoms with Gasteiger partial charge in [-0.3, -0.25) is 4.98 Å². The van der Waals surface area contributed by atoms with E-state index in [1.807, 2.05) is 26.1 Å². The van der Waals surface area contributed by atoms with Crippen molar-refractivity contribution in [1.82, 2.24) is 15.2 Å². The van der Waals surface area contributed by atoms with Gasteiger partial charge < -0.3 is 19.7 Å². The zero-order chi connectivity index (χ0) is 23.6. The molecule has 1 aromatic carbocycles. The molecule has 1 aliphatic heterocycles. The Morgan fingerprint density at radius 1 is 1.24 bits per heavy atom. The number of alkyl halides is 2. The third kappa shape index (κ3) is 4.89. The summed E-state index contributed by atoms with van der Waals surface area (Å²) in [6.45, 7) is 4.81. The highest BCUT2D eigenvalue weighted by Gasteiger charge is 2.32. The maximum Gasteiger partial charge on any atom is 0.296 e. The summed E-state index contributed by atoms with van der Waals surface area (Å²) in [5.74, 6) is -2.50. The molecule has 0 amide bonds. The smallest absolute Gasteiger partial charge is 0.296 e. The average Bonchev–Trinajstić information content (AvgIpc) is 3.30. The van der Waals surface area contributed by atoms with Crippen LogP contribution in [0.2, 0.25) is 0 Å². The predicted octanol–water partition coefficient (Wildman–Crippen LogP) is 4.47. The molecule has 9 heteroatoms. The molecular weight excluding hydrogens is 428 g/mol. The lowest BCUT2D eigenvalue weighted by atomic mass is 10.0. The largest absolute Gasteiger partial charge is 0.380 e. The lowest BCUT2D eigenvalue weighted by Gasteiger charge is -2.21. The highest BCUT2D eigenvalue weighted by molar-refractivity contribution is 5.92. The molecule has 3 heterocycles. The second-order valence-corrected chi connectivity index (χ2v) is 8.45. The van der Waals surface area contributed by atoms with Crippen molar-refractivity contribution < 1.29 is 18.3 Å². The summed E-state index contributed by atoms with van der Waals surface area (Å²) in [6, 6.07) is 8.13. The lowest BCUT2D eigenvalue weighted by Crippen LogP contribution is -2.22. The first-order valence-corrected chi connectivity index (χ1v) is 11.0. The van der Waals surface area contributed by atoms with E-state index in [-0.39, 0.29) is 17.7 Å². The van der Waals surface area contributed by atoms with Crippen LogP contribution in [-0.2, 0) is 15.4 Å². The van der Waals surface area contributed by atoms with Crippen LogP contribution in [0.4, 0.5) is 20.3 Å². The third-order valence-electron chi connectivity index (χ3n) is 6.10. The molecule has 0 unspecified atom stereocenters. The monoisotopic (exact) mass is 457 g/mol. The molecule has 3 aromatic rings. The molecule has 0 aliphatic carbocycles. The third-order valence-corrected chi connectivity index (χ3v) is 6.10. The number of anilines is 2. The summed E-state index contributed by atoms with van der Waals surface area (Å²) in [6.07, 6.45) is 3.02. The molecule has 1 N–H and O–H groups in total. The molecule has 0 radical (unpaired) electrons. The SMILES string of the molecule is COCC(F)(F)c1cccc([C@@H](C)Nc2nnc(C)c3ncc(N4CC[C@H](OC)C4)cc23)c1. The van der Waals surface area contributed by atoms with Crippen LogP contribution in [0.5, 0.6) is 0 Å². The molecule has 176 valence electrons. The van der Waals surface area contributed by atoms with Gasteiger partial charge in [0.15, 0.2) is 5.82 Å². The Kier molecular flexibility index (Phi) is 6.71. The Balaban J connectivity index is 1.63. The van der Waals surface area contributed by atoms with Gasteiger partial charge in [0, 0.05) is 38.3 Å². The Morgan fingerprint density at radius 2 is 2.06 bits per heavy atom. The van der Waals surface area contributed by atoms with E-state index < -0.39 is 12.5 Å². The Labute approximate surface area is 192 Å². The number of nitrogens with zero attached hydrogens (tertiary/aromatic N) is 4. The first-order chi connectivity index (χ1) is 15.8. The van der Waals surface area contributed by atoms with Crippen LogP contribution >= 0.6 is 0 Å². The van der Waals surface area contributed by atoms with Gasteiger partial charge in [0.2, 0.25) is 0 Å². The minimum Gasteiger partial charge on any atom is -0.380 e. The molecular formula is C24H29F2N5O2. The van der Waals surface area contributed by atoms with Gasteiger partial charge in [-0.15, -0.1) is 5.10 Å². The van der Waals surface area contributed by atoms with Crippen molar-refractivity contribution in [2.75, 3.05) is 44.1 Å². The van der Waals surface area contributed by atoms with Gasteiger partial charge in [-0.05, 0) is 38.0 Å². The quantitative estimate of drug-likeness (QED) is 0.535. The number of benzene rings is 1. The number of hydrogen-bond donors (Lipinski definition) is 1. The number of pyridine rings is 1. The number of methoxy groups -OCH3 is 2. The number of aryl methyl sites for hydroxylation is 1. The van der Waals surface area contributed by atoms with Crippen molar-refractivity contribution in [3.63, 3.8) is 0 Å². The summed E-state index contributed by atoms with van der Waals surface area (Å²) in [5.41, 5.74) is 3.11. The van der Waals surface area contributed by atoms with Gasteiger partial charge in [0.1, 0.15) is 6.61 Å². The van der Waals surface area contributed by atoms with Crippen LogP contribution in [0.15, 0.2) is 36.5 Å². The maximum atomic E-state index is 14.3. The van der Waals surface area contributed by atoms with Gasteiger partial charge in [-0.25, -0.2) is 0 Å². The number of aromatic nitrogens is 3. The van der Waals surface area contributed by atoms with Gasteiger partial charge in [-0.1, -0.05) is 18.2 Å². The summed E-state index contributed by atoms with van der Waals surface area (Å²) in [7, 11) is 3.00. The standard InChI is InChI=1S/C24H29F2N5O2/c1-15(17-6-5-7-18(10-17)24(25,26)14-32-3)28-23-21-11-19(31-9-8-20(13-31)33-4)12-27-22(21)16(2)29-30-23/h5-7,10-12,15,20H,8-9,13-14H2,1-4H3,(H,28,30)/t15-,20+/m1/s1. The van der Waals surface area contributed by atoms with E-state index in [0.29, 0.717) is 11.4 Å². The molecule has 33 heavy (non-hydrogen) atoms. The van der Waals surface area contributed by atoms with Crippen LogP contribution in [0, 0.1) is 6.92 Å². The Hall–Kier alpha value is -2.91. The highest BCUT2D eigenvalue weighted by Crippen LogP contribution is 2.32. The number of ether oxygens (including phenoxy) is 2. The van der Waals surface area contributed by atoms with Crippen LogP contribution in [0.3, 0.4) is 0 Å². The van der Waals surface area contributed by atoms with Crippen molar-refractivity contribution >= 4 is 22.4 Å². The van der Waals surface area contributed by atoms with Gasteiger partial charge in [0.05, 0.1) is 35.2 Å². The fraction of sp³-hybridized carbons (Fsp3) is 0.458. The van der Waals surface area contributed by atoms with Crippen LogP contribution in [-0.4, -0.2) is 55.2 Å². The minimum absolute atomic E-state index is 0.0824. The summed E-state index contributed by atoms with van der Waals surface area (Å²) < 4.78 is 38.8. The maximum absolute atomic E-state index is 14.3. The predicted molar refractivity (Wildman–Crippen MR) is 124 cm³/mol. The first-order valence-electron chi connectivity index (χ1n) is 11.0. The van der Waals surface area contributed by atoms with Gasteiger partial charge in [-0.2, -0.15) is 13.9 Å². The lowest BCUT2D eigenvalue weighted by molar-refractivity contribution is -0.0698. The second kappa shape index (κ2) is 9.52. The molecule has 1 saturated heterocycles. The van der Waals surface area contributed by atoms with E-state index in [4.69, 9.17) is 4.74 Å². The molecule has 0 saturated carbocycles. The van der Waals surface area contributed by atoms with Crippen molar-refractivity contribution in [3.05, 3.63) is 53.3 Å². The van der Waals surface area contributed by atoms with E-state index in [2.05, 4.69) is 36.2 Å². The van der Waals surface area contributed by atoms with Crippen molar-refractivity contribution in [2.24, 2.45) is 0 Å². The first kappa shape index (κ1) is 23.3. The van der Waals surface area contributed by atoms with Crippen molar-refractivity contribution in [2.45, 2.75) is 38.3 Å². The van der Waals surface area contributed by atoms with Gasteiger partial charge >= 0.3 is 0 Å². The molecule has 0 bridgehead atoms. The number of rotatable bonds is 8. The van der Waals surface area contributed by atoms with Gasteiger partial charge in [0.25, 0.3) is 5.92 Å². The summed E-state index contributed by atoms with van der Waals surface area (Å²) in [5, 5.41) is 12.8. The zero-order valence-corrected chi connectivity index (χ0v) is 19.3. The van der Waals surface area contributed by atoms with E-state index in [0.717, 1.165) is 41.8 Å².